The Labute approximate surface area is 126 Å². The third-order valence-electron chi connectivity index (χ3n) is 5.52. The summed E-state index contributed by atoms with van der Waals surface area (Å²) in [5.41, 5.74) is 4.67. The van der Waals surface area contributed by atoms with E-state index in [0.717, 1.165) is 38.0 Å². The number of fused-ring (bicyclic) bond motifs is 1. The molecular formula is C18H24N2O. The Morgan fingerprint density at radius 3 is 2.76 bits per heavy atom. The average molecular weight is 284 g/mol. The van der Waals surface area contributed by atoms with Gasteiger partial charge in [0.25, 0.3) is 0 Å². The SMILES string of the molecule is CC1(Cc2c(C3CC3)ccn3cncc23)CCC(O)CC1. The van der Waals surface area contributed by atoms with E-state index in [0.29, 0.717) is 5.41 Å². The van der Waals surface area contributed by atoms with Crippen molar-refractivity contribution in [2.24, 2.45) is 5.41 Å². The Morgan fingerprint density at radius 2 is 2.05 bits per heavy atom. The predicted octanol–water partition coefficient (Wildman–Crippen LogP) is 3.70. The molecule has 2 fully saturated rings. The van der Waals surface area contributed by atoms with Gasteiger partial charge in [0.1, 0.15) is 0 Å². The van der Waals surface area contributed by atoms with Crippen LogP contribution < -0.4 is 0 Å². The van der Waals surface area contributed by atoms with E-state index >= 15 is 0 Å². The van der Waals surface area contributed by atoms with Crippen LogP contribution in [0.25, 0.3) is 5.52 Å². The second-order valence-electron chi connectivity index (χ2n) is 7.43. The first kappa shape index (κ1) is 13.3. The molecule has 0 saturated heterocycles. The normalized spacial score (nSPS) is 29.9. The smallest absolute Gasteiger partial charge is 0.0992 e. The number of pyridine rings is 1. The van der Waals surface area contributed by atoms with Gasteiger partial charge in [-0.25, -0.2) is 4.98 Å². The third-order valence-corrected chi connectivity index (χ3v) is 5.52. The standard InChI is InChI=1S/C18H24N2O/c1-18(7-4-14(21)5-8-18)10-16-15(13-2-3-13)6-9-20-12-19-11-17(16)20/h6,9,11-14,21H,2-5,7-8,10H2,1H3. The minimum Gasteiger partial charge on any atom is -0.393 e. The van der Waals surface area contributed by atoms with Crippen molar-refractivity contribution in [3.05, 3.63) is 35.9 Å². The van der Waals surface area contributed by atoms with Crippen LogP contribution in [0.15, 0.2) is 24.8 Å². The number of hydrogen-bond acceptors (Lipinski definition) is 2. The fourth-order valence-corrected chi connectivity index (χ4v) is 3.94. The lowest BCUT2D eigenvalue weighted by atomic mass is 9.70. The zero-order chi connectivity index (χ0) is 14.4. The summed E-state index contributed by atoms with van der Waals surface area (Å²) in [6.45, 7) is 2.40. The molecule has 0 aliphatic heterocycles. The number of aromatic nitrogens is 2. The molecule has 0 atom stereocenters. The molecule has 2 heterocycles. The Hall–Kier alpha value is -1.35. The summed E-state index contributed by atoms with van der Waals surface area (Å²) >= 11 is 0. The largest absolute Gasteiger partial charge is 0.393 e. The van der Waals surface area contributed by atoms with Gasteiger partial charge in [-0.2, -0.15) is 0 Å². The van der Waals surface area contributed by atoms with Gasteiger partial charge in [-0.15, -0.1) is 0 Å². The van der Waals surface area contributed by atoms with Gasteiger partial charge in [0.05, 0.1) is 24.1 Å². The van der Waals surface area contributed by atoms with Crippen molar-refractivity contribution >= 4 is 5.52 Å². The average Bonchev–Trinajstić information content (AvgIpc) is 3.20. The summed E-state index contributed by atoms with van der Waals surface area (Å²) in [6, 6.07) is 2.31. The topological polar surface area (TPSA) is 37.5 Å². The molecule has 2 aliphatic carbocycles. The number of aliphatic hydroxyl groups excluding tert-OH is 1. The molecule has 2 aromatic rings. The number of imidazole rings is 1. The van der Waals surface area contributed by atoms with E-state index in [4.69, 9.17) is 0 Å². The summed E-state index contributed by atoms with van der Waals surface area (Å²) in [4.78, 5) is 4.33. The highest BCUT2D eigenvalue weighted by Crippen LogP contribution is 2.46. The van der Waals surface area contributed by atoms with E-state index in [-0.39, 0.29) is 6.10 Å². The molecule has 3 heteroatoms. The van der Waals surface area contributed by atoms with Crippen LogP contribution in [0.5, 0.6) is 0 Å². The van der Waals surface area contributed by atoms with Crippen molar-refractivity contribution in [3.8, 4) is 0 Å². The molecule has 21 heavy (non-hydrogen) atoms. The molecule has 2 aliphatic rings. The van der Waals surface area contributed by atoms with Gasteiger partial charge in [0, 0.05) is 6.20 Å². The van der Waals surface area contributed by atoms with Crippen LogP contribution in [-0.4, -0.2) is 20.6 Å². The van der Waals surface area contributed by atoms with Gasteiger partial charge in [0.2, 0.25) is 0 Å². The van der Waals surface area contributed by atoms with Crippen molar-refractivity contribution in [1.29, 1.82) is 0 Å². The van der Waals surface area contributed by atoms with E-state index in [1.807, 2.05) is 12.5 Å². The predicted molar refractivity (Wildman–Crippen MR) is 83.5 cm³/mol. The van der Waals surface area contributed by atoms with Crippen LogP contribution in [0, 0.1) is 5.41 Å². The third kappa shape index (κ3) is 2.48. The van der Waals surface area contributed by atoms with Gasteiger partial charge in [-0.1, -0.05) is 6.92 Å². The molecule has 2 saturated carbocycles. The lowest BCUT2D eigenvalue weighted by Crippen LogP contribution is -2.29. The molecule has 0 aromatic carbocycles. The van der Waals surface area contributed by atoms with E-state index in [2.05, 4.69) is 28.6 Å². The van der Waals surface area contributed by atoms with Gasteiger partial charge in [-0.3, -0.25) is 0 Å². The molecular weight excluding hydrogens is 260 g/mol. The number of rotatable bonds is 3. The number of hydrogen-bond donors (Lipinski definition) is 1. The molecule has 0 radical (unpaired) electrons. The summed E-state index contributed by atoms with van der Waals surface area (Å²) in [7, 11) is 0. The first-order valence-corrected chi connectivity index (χ1v) is 8.26. The summed E-state index contributed by atoms with van der Waals surface area (Å²) in [5.74, 6) is 0.776. The van der Waals surface area contributed by atoms with Crippen molar-refractivity contribution in [2.75, 3.05) is 0 Å². The zero-order valence-electron chi connectivity index (χ0n) is 12.8. The minimum atomic E-state index is -0.0771. The molecule has 0 unspecified atom stereocenters. The maximum Gasteiger partial charge on any atom is 0.0992 e. The van der Waals surface area contributed by atoms with Crippen molar-refractivity contribution in [1.82, 2.24) is 9.38 Å². The second kappa shape index (κ2) is 4.84. The molecule has 112 valence electrons. The van der Waals surface area contributed by atoms with Gasteiger partial charge >= 0.3 is 0 Å². The van der Waals surface area contributed by atoms with Crippen LogP contribution in [0.1, 0.15) is 62.5 Å². The van der Waals surface area contributed by atoms with E-state index in [9.17, 15) is 5.11 Å². The fourth-order valence-electron chi connectivity index (χ4n) is 3.94. The van der Waals surface area contributed by atoms with Crippen molar-refractivity contribution < 1.29 is 5.11 Å². The Balaban J connectivity index is 1.71. The number of aliphatic hydroxyl groups is 1. The molecule has 1 N–H and O–H groups in total. The van der Waals surface area contributed by atoms with Gasteiger partial charge in [-0.05, 0) is 73.5 Å². The van der Waals surface area contributed by atoms with Crippen molar-refractivity contribution in [3.63, 3.8) is 0 Å². The van der Waals surface area contributed by atoms with Crippen LogP contribution in [0.2, 0.25) is 0 Å². The van der Waals surface area contributed by atoms with Crippen LogP contribution in [0.4, 0.5) is 0 Å². The summed E-state index contributed by atoms with van der Waals surface area (Å²) < 4.78 is 2.16. The van der Waals surface area contributed by atoms with Crippen LogP contribution in [0.3, 0.4) is 0 Å². The minimum absolute atomic E-state index is 0.0771. The molecule has 0 spiro atoms. The molecule has 2 aromatic heterocycles. The highest BCUT2D eigenvalue weighted by atomic mass is 16.3. The van der Waals surface area contributed by atoms with Gasteiger partial charge in [0.15, 0.2) is 0 Å². The Bertz CT molecular complexity index is 648. The van der Waals surface area contributed by atoms with Gasteiger partial charge < -0.3 is 9.51 Å². The second-order valence-corrected chi connectivity index (χ2v) is 7.43. The van der Waals surface area contributed by atoms with E-state index in [1.165, 1.54) is 23.9 Å². The molecule has 3 nitrogen and oxygen atoms in total. The molecule has 0 bridgehead atoms. The maximum absolute atomic E-state index is 9.78. The monoisotopic (exact) mass is 284 g/mol. The quantitative estimate of drug-likeness (QED) is 0.933. The Morgan fingerprint density at radius 1 is 1.29 bits per heavy atom. The first-order chi connectivity index (χ1) is 10.1. The van der Waals surface area contributed by atoms with Crippen LogP contribution >= 0.6 is 0 Å². The highest BCUT2D eigenvalue weighted by Gasteiger charge is 2.34. The summed E-state index contributed by atoms with van der Waals surface area (Å²) in [6.07, 6.45) is 14.0. The Kier molecular flexibility index (Phi) is 3.07. The highest BCUT2D eigenvalue weighted by molar-refractivity contribution is 5.58. The van der Waals surface area contributed by atoms with E-state index < -0.39 is 0 Å². The van der Waals surface area contributed by atoms with Crippen molar-refractivity contribution in [2.45, 2.75) is 63.9 Å². The van der Waals surface area contributed by atoms with E-state index in [1.54, 1.807) is 5.56 Å². The van der Waals surface area contributed by atoms with Crippen LogP contribution in [-0.2, 0) is 6.42 Å². The molecule has 0 amide bonds. The maximum atomic E-state index is 9.78. The fraction of sp³-hybridized carbons (Fsp3) is 0.611. The lowest BCUT2D eigenvalue weighted by Gasteiger charge is -2.36. The number of nitrogens with zero attached hydrogens (tertiary/aromatic N) is 2. The lowest BCUT2D eigenvalue weighted by molar-refractivity contribution is 0.0716. The first-order valence-electron chi connectivity index (χ1n) is 8.26. The summed E-state index contributed by atoms with van der Waals surface area (Å²) in [5, 5.41) is 9.78. The zero-order valence-corrected chi connectivity index (χ0v) is 12.8. The molecule has 4 rings (SSSR count).